The van der Waals surface area contributed by atoms with Gasteiger partial charge in [-0.3, -0.25) is 9.10 Å². The maximum absolute atomic E-state index is 12.6. The lowest BCUT2D eigenvalue weighted by Crippen LogP contribution is -2.50. The summed E-state index contributed by atoms with van der Waals surface area (Å²) in [5.41, 5.74) is 1.27. The van der Waals surface area contributed by atoms with Crippen molar-refractivity contribution < 1.29 is 27.4 Å². The van der Waals surface area contributed by atoms with E-state index in [-0.39, 0.29) is 19.9 Å². The van der Waals surface area contributed by atoms with Crippen molar-refractivity contribution in [3.63, 3.8) is 0 Å². The quantitative estimate of drug-likeness (QED) is 0.845. The molecule has 0 aromatic heterocycles. The number of hydrogen-bond acceptors (Lipinski definition) is 6. The van der Waals surface area contributed by atoms with Crippen LogP contribution < -0.4 is 23.8 Å². The molecule has 9 heteroatoms. The molecule has 2 aromatic rings. The van der Waals surface area contributed by atoms with Crippen LogP contribution in [0.15, 0.2) is 42.5 Å². The number of sulfonamides is 1. The minimum Gasteiger partial charge on any atom is -0.476 e. The van der Waals surface area contributed by atoms with Gasteiger partial charge in [0, 0.05) is 6.54 Å². The van der Waals surface area contributed by atoms with Gasteiger partial charge in [-0.2, -0.15) is 0 Å². The Morgan fingerprint density at radius 1 is 1.15 bits per heavy atom. The van der Waals surface area contributed by atoms with Crippen LogP contribution in [0.3, 0.4) is 0 Å². The molecule has 1 N–H and O–H groups in total. The van der Waals surface area contributed by atoms with Gasteiger partial charge in [-0.25, -0.2) is 8.42 Å². The molecule has 8 nitrogen and oxygen atoms in total. The largest absolute Gasteiger partial charge is 0.476 e. The monoisotopic (exact) mass is 390 g/mol. The number of nitrogens with zero attached hydrogens (tertiary/aromatic N) is 1. The standard InChI is InChI=1S/C18H18N2O6S/c1-27(22,23)20-10-17(26-14-5-3-2-4-13(14)20)18(21)19-9-12-6-7-15-16(8-12)25-11-24-15/h2-8,17H,9-11H2,1H3,(H,19,21)/t17-/m1/s1. The van der Waals surface area contributed by atoms with Gasteiger partial charge in [0.05, 0.1) is 18.5 Å². The zero-order valence-electron chi connectivity index (χ0n) is 14.5. The fraction of sp³-hybridized carbons (Fsp3) is 0.278. The van der Waals surface area contributed by atoms with E-state index in [1.165, 1.54) is 4.31 Å². The first kappa shape index (κ1) is 17.5. The van der Waals surface area contributed by atoms with Crippen molar-refractivity contribution in [2.45, 2.75) is 12.6 Å². The van der Waals surface area contributed by atoms with E-state index in [9.17, 15) is 13.2 Å². The summed E-state index contributed by atoms with van der Waals surface area (Å²) in [5.74, 6) is 1.27. The number of carbonyl (C=O) groups excluding carboxylic acids is 1. The third kappa shape index (κ3) is 3.50. The number of hydrogen-bond donors (Lipinski definition) is 1. The summed E-state index contributed by atoms with van der Waals surface area (Å²) in [4.78, 5) is 12.6. The fourth-order valence-electron chi connectivity index (χ4n) is 3.01. The summed E-state index contributed by atoms with van der Waals surface area (Å²) >= 11 is 0. The molecule has 0 bridgehead atoms. The topological polar surface area (TPSA) is 94.2 Å². The van der Waals surface area contributed by atoms with Crippen molar-refractivity contribution in [2.24, 2.45) is 0 Å². The van der Waals surface area contributed by atoms with Crippen LogP contribution >= 0.6 is 0 Å². The fourth-order valence-corrected chi connectivity index (χ4v) is 3.92. The molecule has 4 rings (SSSR count). The zero-order chi connectivity index (χ0) is 19.0. The number of nitrogens with one attached hydrogen (secondary N) is 1. The van der Waals surface area contributed by atoms with Crippen LogP contribution in [0.4, 0.5) is 5.69 Å². The van der Waals surface area contributed by atoms with Crippen molar-refractivity contribution in [1.82, 2.24) is 5.32 Å². The van der Waals surface area contributed by atoms with Gasteiger partial charge in [-0.1, -0.05) is 18.2 Å². The molecule has 1 amide bonds. The molecule has 0 radical (unpaired) electrons. The summed E-state index contributed by atoms with van der Waals surface area (Å²) in [5, 5.41) is 2.78. The van der Waals surface area contributed by atoms with Gasteiger partial charge in [0.2, 0.25) is 16.8 Å². The smallest absolute Gasteiger partial charge is 0.263 e. The van der Waals surface area contributed by atoms with Crippen LogP contribution in [0.25, 0.3) is 0 Å². The number of anilines is 1. The summed E-state index contributed by atoms with van der Waals surface area (Å²) in [6.07, 6.45) is 0.167. The number of amides is 1. The maximum Gasteiger partial charge on any atom is 0.263 e. The molecule has 2 aliphatic rings. The van der Waals surface area contributed by atoms with Crippen molar-refractivity contribution in [1.29, 1.82) is 0 Å². The highest BCUT2D eigenvalue weighted by Gasteiger charge is 2.34. The number of fused-ring (bicyclic) bond motifs is 2. The molecule has 2 heterocycles. The third-order valence-electron chi connectivity index (χ3n) is 4.33. The Morgan fingerprint density at radius 3 is 2.74 bits per heavy atom. The average molecular weight is 390 g/mol. The molecule has 0 fully saturated rings. The highest BCUT2D eigenvalue weighted by molar-refractivity contribution is 7.92. The normalized spacial score (nSPS) is 17.8. The van der Waals surface area contributed by atoms with E-state index >= 15 is 0 Å². The summed E-state index contributed by atoms with van der Waals surface area (Å²) in [7, 11) is -3.54. The van der Waals surface area contributed by atoms with Crippen molar-refractivity contribution >= 4 is 21.6 Å². The minimum absolute atomic E-state index is 0.0805. The van der Waals surface area contributed by atoms with Gasteiger partial charge in [-0.15, -0.1) is 0 Å². The lowest BCUT2D eigenvalue weighted by molar-refractivity contribution is -0.127. The Hall–Kier alpha value is -2.94. The Balaban J connectivity index is 1.48. The molecule has 2 aromatic carbocycles. The molecular formula is C18H18N2O6S. The van der Waals surface area contributed by atoms with Gasteiger partial charge < -0.3 is 19.5 Å². The molecule has 142 valence electrons. The SMILES string of the molecule is CS(=O)(=O)N1C[C@H](C(=O)NCc2ccc3c(c2)OCO3)Oc2ccccc21. The Bertz CT molecular complexity index is 991. The van der Waals surface area contributed by atoms with Gasteiger partial charge in [-0.05, 0) is 29.8 Å². The van der Waals surface area contributed by atoms with Crippen LogP contribution in [0.2, 0.25) is 0 Å². The third-order valence-corrected chi connectivity index (χ3v) is 5.48. The number of rotatable bonds is 4. The van der Waals surface area contributed by atoms with Crippen LogP contribution in [0.5, 0.6) is 17.2 Å². The molecular weight excluding hydrogens is 372 g/mol. The Labute approximate surface area is 156 Å². The maximum atomic E-state index is 12.6. The molecule has 2 aliphatic heterocycles. The lowest BCUT2D eigenvalue weighted by atomic mass is 10.2. The molecule has 27 heavy (non-hydrogen) atoms. The van der Waals surface area contributed by atoms with Gasteiger partial charge >= 0.3 is 0 Å². The molecule has 0 saturated carbocycles. The van der Waals surface area contributed by atoms with E-state index < -0.39 is 22.0 Å². The predicted molar refractivity (Wildman–Crippen MR) is 97.5 cm³/mol. The number of para-hydroxylation sites is 2. The van der Waals surface area contributed by atoms with Crippen LogP contribution in [-0.4, -0.2) is 40.0 Å². The van der Waals surface area contributed by atoms with E-state index in [2.05, 4.69) is 5.32 Å². The van der Waals surface area contributed by atoms with Crippen molar-refractivity contribution in [3.05, 3.63) is 48.0 Å². The average Bonchev–Trinajstić information content (AvgIpc) is 3.12. The van der Waals surface area contributed by atoms with E-state index in [0.29, 0.717) is 22.9 Å². The molecule has 1 atom stereocenters. The second kappa shape index (κ2) is 6.66. The second-order valence-electron chi connectivity index (χ2n) is 6.27. The van der Waals surface area contributed by atoms with E-state index in [4.69, 9.17) is 14.2 Å². The predicted octanol–water partition coefficient (Wildman–Crippen LogP) is 1.26. The van der Waals surface area contributed by atoms with Crippen molar-refractivity contribution in [2.75, 3.05) is 23.9 Å². The molecule has 0 unspecified atom stereocenters. The first-order valence-corrected chi connectivity index (χ1v) is 10.2. The van der Waals surface area contributed by atoms with E-state index in [0.717, 1.165) is 11.8 Å². The molecule has 0 saturated heterocycles. The first-order valence-electron chi connectivity index (χ1n) is 8.31. The first-order chi connectivity index (χ1) is 12.9. The summed E-state index contributed by atoms with van der Waals surface area (Å²) in [6.45, 7) is 0.362. The van der Waals surface area contributed by atoms with Crippen LogP contribution in [0, 0.1) is 0 Å². The van der Waals surface area contributed by atoms with Crippen LogP contribution in [0.1, 0.15) is 5.56 Å². The second-order valence-corrected chi connectivity index (χ2v) is 8.18. The number of carbonyl (C=O) groups is 1. The number of ether oxygens (including phenoxy) is 3. The van der Waals surface area contributed by atoms with Crippen molar-refractivity contribution in [3.8, 4) is 17.2 Å². The summed E-state index contributed by atoms with van der Waals surface area (Å²) in [6, 6.07) is 12.1. The number of benzene rings is 2. The lowest BCUT2D eigenvalue weighted by Gasteiger charge is -2.33. The highest BCUT2D eigenvalue weighted by atomic mass is 32.2. The van der Waals surface area contributed by atoms with Gasteiger partial charge in [0.15, 0.2) is 17.6 Å². The Morgan fingerprint density at radius 2 is 1.93 bits per heavy atom. The minimum atomic E-state index is -3.54. The van der Waals surface area contributed by atoms with Gasteiger partial charge in [0.25, 0.3) is 5.91 Å². The van der Waals surface area contributed by atoms with E-state index in [1.807, 2.05) is 6.07 Å². The Kier molecular flexibility index (Phi) is 4.31. The zero-order valence-corrected chi connectivity index (χ0v) is 15.4. The highest BCUT2D eigenvalue weighted by Crippen LogP contribution is 2.35. The summed E-state index contributed by atoms with van der Waals surface area (Å²) < 4.78 is 41.7. The van der Waals surface area contributed by atoms with Gasteiger partial charge in [0.1, 0.15) is 5.75 Å². The van der Waals surface area contributed by atoms with Crippen LogP contribution in [-0.2, 0) is 21.4 Å². The molecule has 0 spiro atoms. The van der Waals surface area contributed by atoms with E-state index in [1.54, 1.807) is 36.4 Å². The molecule has 0 aliphatic carbocycles.